The number of nitrogens with zero attached hydrogens (tertiary/aromatic N) is 1. The molecule has 0 saturated heterocycles. The summed E-state index contributed by atoms with van der Waals surface area (Å²) in [4.78, 5) is 16.3. The molecule has 0 aliphatic rings. The maximum atomic E-state index is 12.1. The average molecular weight is 299 g/mol. The van der Waals surface area contributed by atoms with Crippen molar-refractivity contribution in [1.82, 2.24) is 10.3 Å². The molecule has 0 fully saturated rings. The summed E-state index contributed by atoms with van der Waals surface area (Å²) in [5, 5.41) is 5.71. The van der Waals surface area contributed by atoms with Crippen LogP contribution in [0.5, 0.6) is 5.75 Å². The highest BCUT2D eigenvalue weighted by atomic mass is 16.5. The summed E-state index contributed by atoms with van der Waals surface area (Å²) in [6.07, 6.45) is 1.71. The second-order valence-electron chi connectivity index (χ2n) is 4.98. The van der Waals surface area contributed by atoms with Crippen LogP contribution in [0.3, 0.4) is 0 Å². The molecular formula is C17H21N3O2. The van der Waals surface area contributed by atoms with Crippen molar-refractivity contribution in [3.8, 4) is 5.75 Å². The van der Waals surface area contributed by atoms with Gasteiger partial charge in [-0.3, -0.25) is 4.98 Å². The minimum atomic E-state index is -0.259. The number of benzene rings is 1. The van der Waals surface area contributed by atoms with Crippen molar-refractivity contribution in [3.63, 3.8) is 0 Å². The Balaban J connectivity index is 1.97. The van der Waals surface area contributed by atoms with Crippen molar-refractivity contribution in [2.45, 2.75) is 26.8 Å². The SMILES string of the molecule is CCOc1ccc(NC(=O)N[C@@H](C)c2ccccn2)c(C)c1. The Morgan fingerprint density at radius 2 is 2.14 bits per heavy atom. The molecule has 2 N–H and O–H groups in total. The van der Waals surface area contributed by atoms with E-state index in [-0.39, 0.29) is 12.1 Å². The first kappa shape index (κ1) is 15.8. The normalized spacial score (nSPS) is 11.6. The largest absolute Gasteiger partial charge is 0.494 e. The van der Waals surface area contributed by atoms with Gasteiger partial charge in [-0.25, -0.2) is 4.79 Å². The van der Waals surface area contributed by atoms with Crippen LogP contribution < -0.4 is 15.4 Å². The molecule has 0 bridgehead atoms. The van der Waals surface area contributed by atoms with E-state index in [1.165, 1.54) is 0 Å². The Labute approximate surface area is 130 Å². The molecule has 2 aromatic rings. The van der Waals surface area contributed by atoms with Crippen molar-refractivity contribution in [2.24, 2.45) is 0 Å². The van der Waals surface area contributed by atoms with Crippen LogP contribution >= 0.6 is 0 Å². The topological polar surface area (TPSA) is 63.2 Å². The molecule has 0 aliphatic heterocycles. The van der Waals surface area contributed by atoms with Crippen molar-refractivity contribution in [1.29, 1.82) is 0 Å². The summed E-state index contributed by atoms with van der Waals surface area (Å²) in [6.45, 7) is 6.38. The number of urea groups is 1. The number of hydrogen-bond donors (Lipinski definition) is 2. The summed E-state index contributed by atoms with van der Waals surface area (Å²) in [6, 6.07) is 10.8. The van der Waals surface area contributed by atoms with E-state index < -0.39 is 0 Å². The molecule has 0 radical (unpaired) electrons. The zero-order valence-corrected chi connectivity index (χ0v) is 13.1. The zero-order chi connectivity index (χ0) is 15.9. The third-order valence-corrected chi connectivity index (χ3v) is 3.24. The fourth-order valence-corrected chi connectivity index (χ4v) is 2.09. The Hall–Kier alpha value is -2.56. The van der Waals surface area contributed by atoms with Gasteiger partial charge in [0.15, 0.2) is 0 Å². The molecule has 2 rings (SSSR count). The standard InChI is InChI=1S/C17H21N3O2/c1-4-22-14-8-9-15(12(2)11-14)20-17(21)19-13(3)16-7-5-6-10-18-16/h5-11,13H,4H2,1-3H3,(H2,19,20,21)/t13-/m0/s1. The third-order valence-electron chi connectivity index (χ3n) is 3.24. The van der Waals surface area contributed by atoms with Gasteiger partial charge in [0.1, 0.15) is 5.75 Å². The molecule has 0 saturated carbocycles. The molecule has 1 aromatic heterocycles. The Bertz CT molecular complexity index is 629. The molecule has 22 heavy (non-hydrogen) atoms. The zero-order valence-electron chi connectivity index (χ0n) is 13.1. The lowest BCUT2D eigenvalue weighted by Crippen LogP contribution is -2.31. The molecule has 0 unspecified atom stereocenters. The summed E-state index contributed by atoms with van der Waals surface area (Å²) < 4.78 is 5.43. The van der Waals surface area contributed by atoms with Crippen molar-refractivity contribution >= 4 is 11.7 Å². The number of amides is 2. The van der Waals surface area contributed by atoms with E-state index in [1.54, 1.807) is 6.20 Å². The van der Waals surface area contributed by atoms with Crippen LogP contribution in [0.1, 0.15) is 31.1 Å². The number of pyridine rings is 1. The van der Waals surface area contributed by atoms with Crippen LogP contribution in [0.2, 0.25) is 0 Å². The number of aryl methyl sites for hydroxylation is 1. The molecular weight excluding hydrogens is 278 g/mol. The van der Waals surface area contributed by atoms with Crippen molar-refractivity contribution in [2.75, 3.05) is 11.9 Å². The van der Waals surface area contributed by atoms with Crippen LogP contribution in [0, 0.1) is 6.92 Å². The van der Waals surface area contributed by atoms with Gasteiger partial charge in [0.05, 0.1) is 18.3 Å². The Morgan fingerprint density at radius 3 is 2.77 bits per heavy atom. The van der Waals surface area contributed by atoms with Gasteiger partial charge in [-0.05, 0) is 56.7 Å². The van der Waals surface area contributed by atoms with Gasteiger partial charge < -0.3 is 15.4 Å². The molecule has 0 aliphatic carbocycles. The third kappa shape index (κ3) is 4.22. The predicted octanol–water partition coefficient (Wildman–Crippen LogP) is 3.67. The van der Waals surface area contributed by atoms with Crippen LogP contribution in [0.4, 0.5) is 10.5 Å². The number of carbonyl (C=O) groups excluding carboxylic acids is 1. The lowest BCUT2D eigenvalue weighted by molar-refractivity contribution is 0.249. The molecule has 1 heterocycles. The predicted molar refractivity (Wildman–Crippen MR) is 87.2 cm³/mol. The molecule has 5 nitrogen and oxygen atoms in total. The molecule has 5 heteroatoms. The molecule has 0 spiro atoms. The monoisotopic (exact) mass is 299 g/mol. The average Bonchev–Trinajstić information content (AvgIpc) is 2.51. The first-order valence-electron chi connectivity index (χ1n) is 7.32. The quantitative estimate of drug-likeness (QED) is 0.885. The highest BCUT2D eigenvalue weighted by Gasteiger charge is 2.11. The van der Waals surface area contributed by atoms with Gasteiger partial charge in [-0.2, -0.15) is 0 Å². The summed E-state index contributed by atoms with van der Waals surface area (Å²) in [5.41, 5.74) is 2.53. The first-order valence-corrected chi connectivity index (χ1v) is 7.32. The van der Waals surface area contributed by atoms with E-state index in [9.17, 15) is 4.79 Å². The van der Waals surface area contributed by atoms with E-state index >= 15 is 0 Å². The van der Waals surface area contributed by atoms with Crippen LogP contribution in [0.15, 0.2) is 42.6 Å². The highest BCUT2D eigenvalue weighted by molar-refractivity contribution is 5.90. The number of nitrogens with one attached hydrogen (secondary N) is 2. The lowest BCUT2D eigenvalue weighted by atomic mass is 10.2. The fraction of sp³-hybridized carbons (Fsp3) is 0.294. The van der Waals surface area contributed by atoms with Gasteiger partial charge >= 0.3 is 6.03 Å². The Morgan fingerprint density at radius 1 is 1.32 bits per heavy atom. The van der Waals surface area contributed by atoms with Crippen LogP contribution in [-0.4, -0.2) is 17.6 Å². The Kier molecular flexibility index (Phi) is 5.36. The number of carbonyl (C=O) groups is 1. The molecule has 116 valence electrons. The maximum absolute atomic E-state index is 12.1. The minimum absolute atomic E-state index is 0.163. The second kappa shape index (κ2) is 7.45. The van der Waals surface area contributed by atoms with E-state index in [0.717, 1.165) is 22.7 Å². The van der Waals surface area contributed by atoms with Gasteiger partial charge in [0, 0.05) is 11.9 Å². The van der Waals surface area contributed by atoms with E-state index in [1.807, 2.05) is 57.2 Å². The van der Waals surface area contributed by atoms with Crippen LogP contribution in [-0.2, 0) is 0 Å². The number of ether oxygens (including phenoxy) is 1. The minimum Gasteiger partial charge on any atom is -0.494 e. The second-order valence-corrected chi connectivity index (χ2v) is 4.98. The summed E-state index contributed by atoms with van der Waals surface area (Å²) >= 11 is 0. The van der Waals surface area contributed by atoms with E-state index in [0.29, 0.717) is 6.61 Å². The molecule has 2 amide bonds. The van der Waals surface area contributed by atoms with Gasteiger partial charge in [0.25, 0.3) is 0 Å². The number of rotatable bonds is 5. The summed E-state index contributed by atoms with van der Waals surface area (Å²) in [5.74, 6) is 0.799. The number of anilines is 1. The van der Waals surface area contributed by atoms with Gasteiger partial charge in [-0.1, -0.05) is 6.07 Å². The lowest BCUT2D eigenvalue weighted by Gasteiger charge is -2.15. The number of aromatic nitrogens is 1. The van der Waals surface area contributed by atoms with Crippen LogP contribution in [0.25, 0.3) is 0 Å². The first-order chi connectivity index (χ1) is 10.6. The highest BCUT2D eigenvalue weighted by Crippen LogP contribution is 2.21. The van der Waals surface area contributed by atoms with Gasteiger partial charge in [-0.15, -0.1) is 0 Å². The van der Waals surface area contributed by atoms with E-state index in [4.69, 9.17) is 4.74 Å². The van der Waals surface area contributed by atoms with Crippen molar-refractivity contribution < 1.29 is 9.53 Å². The molecule has 1 atom stereocenters. The van der Waals surface area contributed by atoms with Gasteiger partial charge in [0.2, 0.25) is 0 Å². The smallest absolute Gasteiger partial charge is 0.319 e. The summed E-state index contributed by atoms with van der Waals surface area (Å²) in [7, 11) is 0. The van der Waals surface area contributed by atoms with E-state index in [2.05, 4.69) is 15.6 Å². The molecule has 1 aromatic carbocycles. The van der Waals surface area contributed by atoms with Crippen molar-refractivity contribution in [3.05, 3.63) is 53.9 Å². The number of hydrogen-bond acceptors (Lipinski definition) is 3. The maximum Gasteiger partial charge on any atom is 0.319 e. The fourth-order valence-electron chi connectivity index (χ4n) is 2.09.